The number of hydrogen-bond acceptors (Lipinski definition) is 5. The fraction of sp³-hybridized carbons (Fsp3) is 0.906. The van der Waals surface area contributed by atoms with Crippen molar-refractivity contribution in [3.05, 3.63) is 24.3 Å². The first-order chi connectivity index (χ1) is 34.5. The van der Waals surface area contributed by atoms with Gasteiger partial charge in [0.05, 0.1) is 25.4 Å². The Morgan fingerprint density at radius 1 is 0.386 bits per heavy atom. The monoisotopic (exact) mass is 986 g/mol. The molecule has 0 bridgehead atoms. The summed E-state index contributed by atoms with van der Waals surface area (Å²) in [4.78, 5) is 24.6. The lowest BCUT2D eigenvalue weighted by Crippen LogP contribution is -2.45. The number of aliphatic hydroxyl groups excluding tert-OH is 2. The normalized spacial score (nSPS) is 12.7. The molecular weight excluding hydrogens is 863 g/mol. The van der Waals surface area contributed by atoms with Gasteiger partial charge < -0.3 is 20.3 Å². The molecule has 1 amide bonds. The van der Waals surface area contributed by atoms with Crippen LogP contribution >= 0.6 is 0 Å². The molecule has 0 aromatic rings. The Hall–Kier alpha value is -1.66. The van der Waals surface area contributed by atoms with Crippen LogP contribution in [0.15, 0.2) is 24.3 Å². The zero-order valence-electron chi connectivity index (χ0n) is 47.3. The molecule has 414 valence electrons. The van der Waals surface area contributed by atoms with E-state index >= 15 is 0 Å². The fourth-order valence-corrected chi connectivity index (χ4v) is 9.87. The quantitative estimate of drug-likeness (QED) is 0.0321. The van der Waals surface area contributed by atoms with Crippen molar-refractivity contribution in [2.24, 2.45) is 0 Å². The molecule has 0 spiro atoms. The van der Waals surface area contributed by atoms with Crippen molar-refractivity contribution in [1.29, 1.82) is 0 Å². The molecule has 0 rings (SSSR count). The summed E-state index contributed by atoms with van der Waals surface area (Å²) in [6, 6.07) is -0.549. The highest BCUT2D eigenvalue weighted by atomic mass is 16.5. The van der Waals surface area contributed by atoms with Crippen molar-refractivity contribution >= 4 is 11.9 Å². The zero-order chi connectivity index (χ0) is 50.7. The van der Waals surface area contributed by atoms with Crippen LogP contribution in [-0.4, -0.2) is 47.4 Å². The second kappa shape index (κ2) is 59.9. The van der Waals surface area contributed by atoms with Crippen LogP contribution in [0.4, 0.5) is 0 Å². The molecule has 2 unspecified atom stereocenters. The molecule has 0 radical (unpaired) electrons. The van der Waals surface area contributed by atoms with Crippen LogP contribution in [0, 0.1) is 0 Å². The molecule has 0 saturated heterocycles. The van der Waals surface area contributed by atoms with E-state index in [1.165, 1.54) is 270 Å². The van der Waals surface area contributed by atoms with Gasteiger partial charge in [0.25, 0.3) is 0 Å². The lowest BCUT2D eigenvalue weighted by molar-refractivity contribution is -0.143. The van der Waals surface area contributed by atoms with Gasteiger partial charge >= 0.3 is 5.97 Å². The topological polar surface area (TPSA) is 95.9 Å². The highest BCUT2D eigenvalue weighted by Crippen LogP contribution is 2.18. The lowest BCUT2D eigenvalue weighted by Gasteiger charge is -2.22. The number of esters is 1. The fourth-order valence-electron chi connectivity index (χ4n) is 9.87. The summed E-state index contributed by atoms with van der Waals surface area (Å²) in [6.45, 7) is 4.96. The number of ether oxygens (including phenoxy) is 1. The average Bonchev–Trinajstić information content (AvgIpc) is 3.36. The molecule has 0 aliphatic carbocycles. The lowest BCUT2D eigenvalue weighted by atomic mass is 10.0. The molecule has 3 N–H and O–H groups in total. The Bertz CT molecular complexity index is 1090. The van der Waals surface area contributed by atoms with E-state index < -0.39 is 12.1 Å². The van der Waals surface area contributed by atoms with E-state index in [0.29, 0.717) is 25.9 Å². The molecule has 6 nitrogen and oxygen atoms in total. The number of amides is 1. The first kappa shape index (κ1) is 68.3. The summed E-state index contributed by atoms with van der Waals surface area (Å²) < 4.78 is 5.48. The third kappa shape index (κ3) is 55.7. The minimum atomic E-state index is -0.671. The smallest absolute Gasteiger partial charge is 0.305 e. The average molecular weight is 987 g/mol. The molecule has 0 aliphatic heterocycles. The van der Waals surface area contributed by atoms with Crippen LogP contribution in [0.25, 0.3) is 0 Å². The van der Waals surface area contributed by atoms with Crippen molar-refractivity contribution in [2.75, 3.05) is 13.2 Å². The zero-order valence-corrected chi connectivity index (χ0v) is 47.3. The Morgan fingerprint density at radius 2 is 0.671 bits per heavy atom. The van der Waals surface area contributed by atoms with Crippen LogP contribution in [0.2, 0.25) is 0 Å². The number of rotatable bonds is 59. The Labute approximate surface area is 437 Å². The summed E-state index contributed by atoms with van der Waals surface area (Å²) in [5.74, 6) is -0.0448. The van der Waals surface area contributed by atoms with E-state index in [9.17, 15) is 19.8 Å². The second-order valence-corrected chi connectivity index (χ2v) is 21.7. The largest absolute Gasteiger partial charge is 0.466 e. The number of allylic oxidation sites excluding steroid dienone is 4. The van der Waals surface area contributed by atoms with Gasteiger partial charge in [0.2, 0.25) is 5.91 Å². The maximum atomic E-state index is 12.5. The highest BCUT2D eigenvalue weighted by molar-refractivity contribution is 5.76. The van der Waals surface area contributed by atoms with Crippen molar-refractivity contribution in [3.63, 3.8) is 0 Å². The van der Waals surface area contributed by atoms with Gasteiger partial charge in [-0.1, -0.05) is 282 Å². The van der Waals surface area contributed by atoms with E-state index in [4.69, 9.17) is 4.74 Å². The third-order valence-corrected chi connectivity index (χ3v) is 14.7. The summed E-state index contributed by atoms with van der Waals surface area (Å²) in [5, 5.41) is 23.3. The molecule has 6 heteroatoms. The van der Waals surface area contributed by atoms with Gasteiger partial charge in [0.1, 0.15) is 0 Å². The first-order valence-electron chi connectivity index (χ1n) is 31.6. The Balaban J connectivity index is 3.44. The predicted octanol–water partition coefficient (Wildman–Crippen LogP) is 19.8. The molecule has 2 atom stereocenters. The molecule has 0 aromatic carbocycles. The molecule has 0 saturated carbocycles. The van der Waals surface area contributed by atoms with Gasteiger partial charge in [-0.3, -0.25) is 9.59 Å². The number of nitrogens with one attached hydrogen (secondary N) is 1. The predicted molar refractivity (Wildman–Crippen MR) is 306 cm³/mol. The van der Waals surface area contributed by atoms with Crippen LogP contribution in [0.1, 0.15) is 348 Å². The molecule has 0 aromatic heterocycles. The Kier molecular flexibility index (Phi) is 58.5. The first-order valence-corrected chi connectivity index (χ1v) is 31.6. The van der Waals surface area contributed by atoms with Gasteiger partial charge in [-0.05, 0) is 77.0 Å². The van der Waals surface area contributed by atoms with E-state index in [-0.39, 0.29) is 18.5 Å². The van der Waals surface area contributed by atoms with Gasteiger partial charge in [-0.15, -0.1) is 0 Å². The summed E-state index contributed by atoms with van der Waals surface area (Å²) in [7, 11) is 0. The maximum Gasteiger partial charge on any atom is 0.305 e. The summed E-state index contributed by atoms with van der Waals surface area (Å²) in [5.41, 5.74) is 0. The van der Waals surface area contributed by atoms with E-state index in [2.05, 4.69) is 43.5 Å². The highest BCUT2D eigenvalue weighted by Gasteiger charge is 2.20. The minimum absolute atomic E-state index is 0.00281. The van der Waals surface area contributed by atoms with Crippen molar-refractivity contribution < 1.29 is 24.5 Å². The van der Waals surface area contributed by atoms with Crippen molar-refractivity contribution in [2.45, 2.75) is 360 Å². The SMILES string of the molecule is CCCCCCCCC/C=C\CCCCCCCC(=O)OCCCCCCCCCC/C=C\CCCCCCCCCC(=O)NC(CO)C(O)CCCCCCCCCCCCCCCCCCCC. The molecular formula is C64H123NO5. The second-order valence-electron chi connectivity index (χ2n) is 21.7. The summed E-state index contributed by atoms with van der Waals surface area (Å²) in [6.07, 6.45) is 73.2. The van der Waals surface area contributed by atoms with Crippen molar-refractivity contribution in [1.82, 2.24) is 5.32 Å². The molecule has 0 aliphatic rings. The number of carbonyl (C=O) groups is 2. The number of aliphatic hydroxyl groups is 2. The summed E-state index contributed by atoms with van der Waals surface area (Å²) >= 11 is 0. The standard InChI is InChI=1S/C64H123NO5/c1-3-5-7-9-11-13-15-17-19-21-25-28-32-36-40-44-48-52-56-62(67)61(60-66)65-63(68)57-53-49-45-41-37-33-29-26-23-22-24-27-31-35-39-43-47-51-55-59-70-64(69)58-54-50-46-42-38-34-30-20-18-16-14-12-10-8-6-4-2/h20,22-23,30,61-62,66-67H,3-19,21,24-29,31-60H2,1-2H3,(H,65,68)/b23-22-,30-20-. The molecule has 0 heterocycles. The number of hydrogen-bond donors (Lipinski definition) is 3. The van der Waals surface area contributed by atoms with Crippen LogP contribution < -0.4 is 5.32 Å². The van der Waals surface area contributed by atoms with E-state index in [1.807, 2.05) is 0 Å². The maximum absolute atomic E-state index is 12.5. The van der Waals surface area contributed by atoms with E-state index in [1.54, 1.807) is 0 Å². The number of unbranched alkanes of at least 4 members (excludes halogenated alkanes) is 44. The van der Waals surface area contributed by atoms with Crippen LogP contribution in [0.5, 0.6) is 0 Å². The third-order valence-electron chi connectivity index (χ3n) is 14.7. The molecule has 70 heavy (non-hydrogen) atoms. The van der Waals surface area contributed by atoms with E-state index in [0.717, 1.165) is 44.9 Å². The van der Waals surface area contributed by atoms with Gasteiger partial charge in [-0.2, -0.15) is 0 Å². The number of carbonyl (C=O) groups excluding carboxylic acids is 2. The van der Waals surface area contributed by atoms with Crippen LogP contribution in [0.3, 0.4) is 0 Å². The van der Waals surface area contributed by atoms with Crippen LogP contribution in [-0.2, 0) is 14.3 Å². The van der Waals surface area contributed by atoms with Gasteiger partial charge in [0.15, 0.2) is 0 Å². The van der Waals surface area contributed by atoms with Gasteiger partial charge in [-0.25, -0.2) is 0 Å². The molecule has 0 fully saturated rings. The van der Waals surface area contributed by atoms with Gasteiger partial charge in [0, 0.05) is 12.8 Å². The van der Waals surface area contributed by atoms with Crippen molar-refractivity contribution in [3.8, 4) is 0 Å². The minimum Gasteiger partial charge on any atom is -0.466 e. The Morgan fingerprint density at radius 3 is 1.01 bits per heavy atom.